The van der Waals surface area contributed by atoms with Crippen molar-refractivity contribution < 1.29 is 9.84 Å². The predicted octanol–water partition coefficient (Wildman–Crippen LogP) is 1.11. The van der Waals surface area contributed by atoms with E-state index >= 15 is 0 Å². The summed E-state index contributed by atoms with van der Waals surface area (Å²) >= 11 is 0. The van der Waals surface area contributed by atoms with Crippen LogP contribution in [0.2, 0.25) is 0 Å². The molecule has 0 saturated carbocycles. The molecule has 4 heterocycles. The monoisotopic (exact) mass is 344 g/mol. The van der Waals surface area contributed by atoms with Crippen molar-refractivity contribution in [1.29, 1.82) is 0 Å². The van der Waals surface area contributed by atoms with E-state index in [2.05, 4.69) is 20.5 Å². The van der Waals surface area contributed by atoms with Gasteiger partial charge < -0.3 is 20.1 Å². The summed E-state index contributed by atoms with van der Waals surface area (Å²) in [5.41, 5.74) is 4.22. The average Bonchev–Trinajstić information content (AvgIpc) is 3.21. The number of rotatable bonds is 5. The van der Waals surface area contributed by atoms with E-state index in [1.54, 1.807) is 0 Å². The number of H-pyrrole nitrogens is 1. The summed E-state index contributed by atoms with van der Waals surface area (Å²) < 4.78 is 5.51. The number of aromatic nitrogens is 4. The third-order valence-electron chi connectivity index (χ3n) is 4.95. The molecule has 0 unspecified atom stereocenters. The fourth-order valence-corrected chi connectivity index (χ4v) is 3.29. The highest BCUT2D eigenvalue weighted by molar-refractivity contribution is 5.47. The number of aliphatic hydroxyl groups excluding tert-OH is 1. The second-order valence-corrected chi connectivity index (χ2v) is 6.86. The Hall–Kier alpha value is -2.19. The molecule has 8 nitrogen and oxygen atoms in total. The molecule has 0 aromatic carbocycles. The van der Waals surface area contributed by atoms with Gasteiger partial charge in [0.05, 0.1) is 24.1 Å². The SMILES string of the molecule is Cc1n[nH]c(C)c1CNc1cc([C@H]2CCOC2)nc(N2CC(O)C2)n1. The molecule has 1 atom stereocenters. The van der Waals surface area contributed by atoms with Gasteiger partial charge in [0.2, 0.25) is 5.95 Å². The van der Waals surface area contributed by atoms with Gasteiger partial charge in [0.1, 0.15) is 5.82 Å². The molecule has 0 amide bonds. The van der Waals surface area contributed by atoms with E-state index < -0.39 is 0 Å². The van der Waals surface area contributed by atoms with Crippen molar-refractivity contribution in [3.05, 3.63) is 28.7 Å². The first-order valence-electron chi connectivity index (χ1n) is 8.74. The largest absolute Gasteiger partial charge is 0.389 e. The van der Waals surface area contributed by atoms with Crippen LogP contribution in [-0.4, -0.2) is 57.7 Å². The van der Waals surface area contributed by atoms with Crippen LogP contribution in [0.5, 0.6) is 0 Å². The smallest absolute Gasteiger partial charge is 0.227 e. The van der Waals surface area contributed by atoms with Gasteiger partial charge >= 0.3 is 0 Å². The average molecular weight is 344 g/mol. The maximum atomic E-state index is 9.58. The highest BCUT2D eigenvalue weighted by Crippen LogP contribution is 2.28. The van der Waals surface area contributed by atoms with Crippen molar-refractivity contribution in [3.8, 4) is 0 Å². The molecule has 2 aromatic heterocycles. The molecule has 2 saturated heterocycles. The van der Waals surface area contributed by atoms with Gasteiger partial charge in [0.25, 0.3) is 0 Å². The van der Waals surface area contributed by atoms with Crippen molar-refractivity contribution >= 4 is 11.8 Å². The molecule has 134 valence electrons. The normalized spacial score (nSPS) is 20.8. The third kappa shape index (κ3) is 3.32. The third-order valence-corrected chi connectivity index (χ3v) is 4.95. The number of nitrogens with zero attached hydrogens (tertiary/aromatic N) is 4. The van der Waals surface area contributed by atoms with Crippen molar-refractivity contribution in [2.75, 3.05) is 36.5 Å². The van der Waals surface area contributed by atoms with Crippen LogP contribution in [0.4, 0.5) is 11.8 Å². The lowest BCUT2D eigenvalue weighted by molar-refractivity contribution is 0.140. The van der Waals surface area contributed by atoms with Gasteiger partial charge in [-0.1, -0.05) is 0 Å². The van der Waals surface area contributed by atoms with Crippen LogP contribution in [0, 0.1) is 13.8 Å². The van der Waals surface area contributed by atoms with Crippen LogP contribution in [0.3, 0.4) is 0 Å². The Labute approximate surface area is 146 Å². The summed E-state index contributed by atoms with van der Waals surface area (Å²) in [7, 11) is 0. The van der Waals surface area contributed by atoms with Gasteiger partial charge in [-0.3, -0.25) is 5.10 Å². The quantitative estimate of drug-likeness (QED) is 0.747. The number of anilines is 2. The van der Waals surface area contributed by atoms with Crippen LogP contribution < -0.4 is 10.2 Å². The van der Waals surface area contributed by atoms with Crippen molar-refractivity contribution in [1.82, 2.24) is 20.2 Å². The van der Waals surface area contributed by atoms with E-state index in [9.17, 15) is 5.11 Å². The Balaban J connectivity index is 1.57. The molecule has 0 bridgehead atoms. The summed E-state index contributed by atoms with van der Waals surface area (Å²) in [6, 6.07) is 2.02. The lowest BCUT2D eigenvalue weighted by atomic mass is 10.0. The molecule has 2 aromatic rings. The van der Waals surface area contributed by atoms with Crippen LogP contribution in [-0.2, 0) is 11.3 Å². The number of β-amino-alcohol motifs (C(OH)–C–C–N with tert-alkyl or cyclic N) is 1. The van der Waals surface area contributed by atoms with Gasteiger partial charge in [-0.05, 0) is 20.3 Å². The number of aryl methyl sites for hydroxylation is 2. The maximum absolute atomic E-state index is 9.58. The van der Waals surface area contributed by atoms with Crippen molar-refractivity contribution in [2.45, 2.75) is 38.8 Å². The number of nitrogens with one attached hydrogen (secondary N) is 2. The molecule has 3 N–H and O–H groups in total. The molecule has 0 radical (unpaired) electrons. The topological polar surface area (TPSA) is 99.2 Å². The number of hydrogen-bond donors (Lipinski definition) is 3. The Morgan fingerprint density at radius 2 is 2.20 bits per heavy atom. The van der Waals surface area contributed by atoms with E-state index in [1.807, 2.05) is 24.8 Å². The van der Waals surface area contributed by atoms with Gasteiger partial charge in [-0.15, -0.1) is 0 Å². The number of aromatic amines is 1. The maximum Gasteiger partial charge on any atom is 0.227 e. The Morgan fingerprint density at radius 3 is 2.84 bits per heavy atom. The van der Waals surface area contributed by atoms with Crippen molar-refractivity contribution in [3.63, 3.8) is 0 Å². The first-order chi connectivity index (χ1) is 12.1. The van der Waals surface area contributed by atoms with Gasteiger partial charge in [-0.25, -0.2) is 4.98 Å². The van der Waals surface area contributed by atoms with E-state index in [4.69, 9.17) is 9.72 Å². The molecule has 2 aliphatic heterocycles. The molecule has 0 spiro atoms. The fourth-order valence-electron chi connectivity index (χ4n) is 3.29. The molecule has 0 aliphatic carbocycles. The summed E-state index contributed by atoms with van der Waals surface area (Å²) in [6.07, 6.45) is 0.702. The Morgan fingerprint density at radius 1 is 1.36 bits per heavy atom. The molecule has 2 fully saturated rings. The zero-order valence-electron chi connectivity index (χ0n) is 14.6. The van der Waals surface area contributed by atoms with E-state index in [0.29, 0.717) is 38.1 Å². The number of aliphatic hydroxyl groups is 1. The molecule has 25 heavy (non-hydrogen) atoms. The second-order valence-electron chi connectivity index (χ2n) is 6.86. The molecule has 4 rings (SSSR count). The zero-order valence-corrected chi connectivity index (χ0v) is 14.6. The number of ether oxygens (including phenoxy) is 1. The van der Waals surface area contributed by atoms with E-state index in [-0.39, 0.29) is 6.10 Å². The summed E-state index contributed by atoms with van der Waals surface area (Å²) in [4.78, 5) is 11.4. The van der Waals surface area contributed by atoms with Gasteiger partial charge in [0, 0.05) is 49.5 Å². The van der Waals surface area contributed by atoms with Gasteiger partial charge in [0.15, 0.2) is 0 Å². The van der Waals surface area contributed by atoms with E-state index in [0.717, 1.165) is 41.5 Å². The lowest BCUT2D eigenvalue weighted by Crippen LogP contribution is -2.51. The summed E-state index contributed by atoms with van der Waals surface area (Å²) in [5.74, 6) is 1.79. The molecular weight excluding hydrogens is 320 g/mol. The van der Waals surface area contributed by atoms with Crippen LogP contribution in [0.15, 0.2) is 6.07 Å². The second kappa shape index (κ2) is 6.61. The number of hydrogen-bond acceptors (Lipinski definition) is 7. The Kier molecular flexibility index (Phi) is 4.30. The minimum atomic E-state index is -0.283. The van der Waals surface area contributed by atoms with E-state index in [1.165, 1.54) is 0 Å². The minimum Gasteiger partial charge on any atom is -0.389 e. The standard InChI is InChI=1S/C17H24N6O2/c1-10-14(11(2)22-21-10)6-18-16-5-15(12-3-4-25-9-12)19-17(20-16)23-7-13(24)8-23/h5,12-13,24H,3-4,6-9H2,1-2H3,(H,21,22)(H,18,19,20)/t12-/m0/s1. The first-order valence-corrected chi connectivity index (χ1v) is 8.74. The molecule has 2 aliphatic rings. The highest BCUT2D eigenvalue weighted by Gasteiger charge is 2.28. The molecular formula is C17H24N6O2. The highest BCUT2D eigenvalue weighted by atomic mass is 16.5. The molecule has 8 heteroatoms. The van der Waals surface area contributed by atoms with Crippen LogP contribution in [0.25, 0.3) is 0 Å². The first kappa shape index (κ1) is 16.3. The lowest BCUT2D eigenvalue weighted by Gasteiger charge is -2.36. The minimum absolute atomic E-state index is 0.283. The van der Waals surface area contributed by atoms with Crippen LogP contribution in [0.1, 0.15) is 35.0 Å². The van der Waals surface area contributed by atoms with Crippen molar-refractivity contribution in [2.24, 2.45) is 0 Å². The van der Waals surface area contributed by atoms with Crippen LogP contribution >= 0.6 is 0 Å². The predicted molar refractivity (Wildman–Crippen MR) is 93.8 cm³/mol. The summed E-state index contributed by atoms with van der Waals surface area (Å²) in [5, 5.41) is 20.2. The fraction of sp³-hybridized carbons (Fsp3) is 0.588. The Bertz CT molecular complexity index is 730. The zero-order chi connectivity index (χ0) is 17.4. The summed E-state index contributed by atoms with van der Waals surface area (Å²) in [6.45, 7) is 7.34. The van der Waals surface area contributed by atoms with Gasteiger partial charge in [-0.2, -0.15) is 10.1 Å².